The van der Waals surface area contributed by atoms with E-state index < -0.39 is 0 Å². The zero-order valence-electron chi connectivity index (χ0n) is 16.1. The molecule has 5 heteroatoms. The summed E-state index contributed by atoms with van der Waals surface area (Å²) < 4.78 is 26.0. The summed E-state index contributed by atoms with van der Waals surface area (Å²) in [5, 5.41) is 0. The Morgan fingerprint density at radius 1 is 0.962 bits per heavy atom. The van der Waals surface area contributed by atoms with E-state index in [1.54, 1.807) is 6.07 Å². The molecule has 0 radical (unpaired) electrons. The Morgan fingerprint density at radius 3 is 2.31 bits per heavy atom. The minimum atomic E-state index is -0.373. The highest BCUT2D eigenvalue weighted by molar-refractivity contribution is 6.62. The van der Waals surface area contributed by atoms with Crippen molar-refractivity contribution in [1.29, 1.82) is 0 Å². The fourth-order valence-corrected chi connectivity index (χ4v) is 3.74. The maximum Gasteiger partial charge on any atom is 0.495 e. The predicted molar refractivity (Wildman–Crippen MR) is 103 cm³/mol. The average Bonchev–Trinajstić information content (AvgIpc) is 3.05. The van der Waals surface area contributed by atoms with Crippen LogP contribution in [0.5, 0.6) is 0 Å². The molecule has 4 rings (SSSR count). The second-order valence-electron chi connectivity index (χ2n) is 8.35. The van der Waals surface area contributed by atoms with Crippen LogP contribution in [0.3, 0.4) is 0 Å². The van der Waals surface area contributed by atoms with E-state index in [1.807, 2.05) is 12.1 Å². The van der Waals surface area contributed by atoms with Gasteiger partial charge >= 0.3 is 7.12 Å². The van der Waals surface area contributed by atoms with Crippen LogP contribution >= 0.6 is 0 Å². The molecule has 2 aromatic carbocycles. The number of rotatable bonds is 2. The number of anilines is 1. The van der Waals surface area contributed by atoms with Gasteiger partial charge in [-0.05, 0) is 75.0 Å². The first-order chi connectivity index (χ1) is 12.2. The van der Waals surface area contributed by atoms with Gasteiger partial charge in [-0.15, -0.1) is 0 Å². The van der Waals surface area contributed by atoms with Crippen LogP contribution in [0.25, 0.3) is 0 Å². The molecular formula is C21H25BFNO2. The van der Waals surface area contributed by atoms with Gasteiger partial charge in [0.1, 0.15) is 5.82 Å². The van der Waals surface area contributed by atoms with Gasteiger partial charge in [0.15, 0.2) is 0 Å². The number of fused-ring (bicyclic) bond motifs is 1. The Labute approximate surface area is 155 Å². The number of benzene rings is 2. The topological polar surface area (TPSA) is 21.7 Å². The van der Waals surface area contributed by atoms with Gasteiger partial charge in [-0.2, -0.15) is 0 Å². The van der Waals surface area contributed by atoms with Crippen LogP contribution in [0.4, 0.5) is 10.1 Å². The number of halogens is 1. The molecule has 0 saturated carbocycles. The molecule has 0 bridgehead atoms. The van der Waals surface area contributed by atoms with Gasteiger partial charge in [-0.1, -0.05) is 18.2 Å². The van der Waals surface area contributed by atoms with E-state index in [9.17, 15) is 4.39 Å². The Hall–Kier alpha value is -1.85. The lowest BCUT2D eigenvalue weighted by atomic mass is 9.75. The third-order valence-electron chi connectivity index (χ3n) is 6.09. The first-order valence-corrected chi connectivity index (χ1v) is 9.15. The number of hydrogen-bond acceptors (Lipinski definition) is 3. The van der Waals surface area contributed by atoms with Crippen LogP contribution in [0.1, 0.15) is 44.4 Å². The summed E-state index contributed by atoms with van der Waals surface area (Å²) in [7, 11) is -0.373. The molecule has 0 unspecified atom stereocenters. The van der Waals surface area contributed by atoms with E-state index in [2.05, 4.69) is 51.7 Å². The summed E-state index contributed by atoms with van der Waals surface area (Å²) in [6, 6.07) is 11.3. The molecule has 1 fully saturated rings. The normalized spacial score (nSPS) is 20.5. The molecule has 0 atom stereocenters. The Bertz CT molecular complexity index is 849. The Kier molecular flexibility index (Phi) is 3.94. The van der Waals surface area contributed by atoms with Crippen LogP contribution in [-0.2, 0) is 22.4 Å². The molecule has 2 aliphatic heterocycles. The first kappa shape index (κ1) is 17.6. The Morgan fingerprint density at radius 2 is 1.62 bits per heavy atom. The maximum atomic E-state index is 13.5. The quantitative estimate of drug-likeness (QED) is 0.763. The molecular weight excluding hydrogens is 328 g/mol. The molecule has 0 spiro atoms. The minimum Gasteiger partial charge on any atom is -0.399 e. The van der Waals surface area contributed by atoms with E-state index in [0.29, 0.717) is 0 Å². The van der Waals surface area contributed by atoms with Gasteiger partial charge in [0, 0.05) is 18.8 Å². The molecule has 0 aromatic heterocycles. The molecule has 0 N–H and O–H groups in total. The summed E-state index contributed by atoms with van der Waals surface area (Å²) >= 11 is 0. The summed E-state index contributed by atoms with van der Waals surface area (Å²) in [5.41, 5.74) is 4.89. The molecule has 2 heterocycles. The van der Waals surface area contributed by atoms with E-state index in [1.165, 1.54) is 11.6 Å². The third-order valence-corrected chi connectivity index (χ3v) is 6.09. The molecule has 1 saturated heterocycles. The highest BCUT2D eigenvalue weighted by Gasteiger charge is 2.52. The standard InChI is InChI=1S/C21H25BFNO2/c1-14-18(22-25-20(2,3)21(4,5)26-22)7-6-8-19(14)24-12-15-9-10-17(23)11-16(15)13-24/h6-11H,12-13H2,1-5H3. The second-order valence-corrected chi connectivity index (χ2v) is 8.35. The highest BCUT2D eigenvalue weighted by atomic mass is 19.1. The SMILES string of the molecule is Cc1c(B2OC(C)(C)C(C)(C)O2)cccc1N1Cc2ccc(F)cc2C1. The lowest BCUT2D eigenvalue weighted by Crippen LogP contribution is -2.41. The van der Waals surface area contributed by atoms with Gasteiger partial charge in [-0.3, -0.25) is 0 Å². The molecule has 0 aliphatic carbocycles. The van der Waals surface area contributed by atoms with Gasteiger partial charge in [-0.25, -0.2) is 4.39 Å². The summed E-state index contributed by atoms with van der Waals surface area (Å²) in [5.74, 6) is -0.173. The van der Waals surface area contributed by atoms with Gasteiger partial charge < -0.3 is 14.2 Å². The van der Waals surface area contributed by atoms with Crippen molar-refractivity contribution in [3.05, 3.63) is 58.9 Å². The smallest absolute Gasteiger partial charge is 0.399 e. The van der Waals surface area contributed by atoms with E-state index in [4.69, 9.17) is 9.31 Å². The van der Waals surface area contributed by atoms with Crippen molar-refractivity contribution in [3.8, 4) is 0 Å². The van der Waals surface area contributed by atoms with Crippen LogP contribution in [-0.4, -0.2) is 18.3 Å². The molecule has 2 aromatic rings. The van der Waals surface area contributed by atoms with Crippen molar-refractivity contribution in [2.75, 3.05) is 4.90 Å². The fraction of sp³-hybridized carbons (Fsp3) is 0.429. The van der Waals surface area contributed by atoms with Crippen molar-refractivity contribution < 1.29 is 13.7 Å². The highest BCUT2D eigenvalue weighted by Crippen LogP contribution is 2.37. The van der Waals surface area contributed by atoms with Crippen molar-refractivity contribution in [1.82, 2.24) is 0 Å². The summed E-state index contributed by atoms with van der Waals surface area (Å²) in [6.07, 6.45) is 0. The van der Waals surface area contributed by atoms with Crippen molar-refractivity contribution in [2.24, 2.45) is 0 Å². The minimum absolute atomic E-state index is 0.173. The lowest BCUT2D eigenvalue weighted by molar-refractivity contribution is 0.00578. The molecule has 3 nitrogen and oxygen atoms in total. The zero-order chi connectivity index (χ0) is 18.7. The van der Waals surface area contributed by atoms with Gasteiger partial charge in [0.05, 0.1) is 11.2 Å². The molecule has 0 amide bonds. The third kappa shape index (κ3) is 2.74. The second kappa shape index (κ2) is 5.83. The fourth-order valence-electron chi connectivity index (χ4n) is 3.74. The maximum absolute atomic E-state index is 13.5. The Balaban J connectivity index is 1.64. The van der Waals surface area contributed by atoms with Crippen LogP contribution < -0.4 is 10.4 Å². The number of hydrogen-bond donors (Lipinski definition) is 0. The van der Waals surface area contributed by atoms with Crippen molar-refractivity contribution in [3.63, 3.8) is 0 Å². The number of nitrogens with zero attached hydrogens (tertiary/aromatic N) is 1. The van der Waals surface area contributed by atoms with Crippen LogP contribution in [0, 0.1) is 12.7 Å². The summed E-state index contributed by atoms with van der Waals surface area (Å²) in [4.78, 5) is 2.29. The first-order valence-electron chi connectivity index (χ1n) is 9.15. The molecule has 26 heavy (non-hydrogen) atoms. The molecule has 2 aliphatic rings. The zero-order valence-corrected chi connectivity index (χ0v) is 16.1. The van der Waals surface area contributed by atoms with Crippen LogP contribution in [0.2, 0.25) is 0 Å². The van der Waals surface area contributed by atoms with Gasteiger partial charge in [0.2, 0.25) is 0 Å². The largest absolute Gasteiger partial charge is 0.495 e. The average molecular weight is 353 g/mol. The summed E-state index contributed by atoms with van der Waals surface area (Å²) in [6.45, 7) is 11.9. The van der Waals surface area contributed by atoms with E-state index in [-0.39, 0.29) is 24.1 Å². The molecule has 136 valence electrons. The van der Waals surface area contributed by atoms with Gasteiger partial charge in [0.25, 0.3) is 0 Å². The van der Waals surface area contributed by atoms with Crippen molar-refractivity contribution >= 4 is 18.3 Å². The monoisotopic (exact) mass is 353 g/mol. The van der Waals surface area contributed by atoms with Crippen molar-refractivity contribution in [2.45, 2.75) is 58.9 Å². The van der Waals surface area contributed by atoms with E-state index >= 15 is 0 Å². The lowest BCUT2D eigenvalue weighted by Gasteiger charge is -2.32. The predicted octanol–water partition coefficient (Wildman–Crippen LogP) is 3.95. The van der Waals surface area contributed by atoms with Crippen LogP contribution in [0.15, 0.2) is 36.4 Å². The van der Waals surface area contributed by atoms with E-state index in [0.717, 1.165) is 35.4 Å².